The number of pyridine rings is 1. The molecule has 0 aliphatic heterocycles. The van der Waals surface area contributed by atoms with E-state index in [0.29, 0.717) is 21.2 Å². The zero-order valence-corrected chi connectivity index (χ0v) is 14.1. The fourth-order valence-electron chi connectivity index (χ4n) is 2.00. The van der Waals surface area contributed by atoms with Crippen LogP contribution < -0.4 is 10.9 Å². The summed E-state index contributed by atoms with van der Waals surface area (Å²) >= 11 is 17.4. The molecule has 0 unspecified atom stereocenters. The number of nitrogens with zero attached hydrogens (tertiary/aromatic N) is 1. The third-order valence-electron chi connectivity index (χ3n) is 3.16. The molecule has 3 N–H and O–H groups in total. The Morgan fingerprint density at radius 2 is 1.67 bits per heavy atom. The maximum Gasteiger partial charge on any atom is 0.286 e. The molecule has 0 bridgehead atoms. The quantitative estimate of drug-likeness (QED) is 0.467. The molecule has 122 valence electrons. The van der Waals surface area contributed by atoms with Crippen LogP contribution in [-0.4, -0.2) is 21.8 Å². The maximum absolute atomic E-state index is 12.1. The highest BCUT2D eigenvalue weighted by Gasteiger charge is 2.13. The Labute approximate surface area is 151 Å². The van der Waals surface area contributed by atoms with Crippen molar-refractivity contribution in [3.05, 3.63) is 62.9 Å². The smallest absolute Gasteiger partial charge is 0.286 e. The Morgan fingerprint density at radius 1 is 0.917 bits per heavy atom. The monoisotopic (exact) mass is 382 g/mol. The van der Waals surface area contributed by atoms with Crippen molar-refractivity contribution >= 4 is 57.7 Å². The van der Waals surface area contributed by atoms with Crippen molar-refractivity contribution in [2.24, 2.45) is 0 Å². The number of carbonyl (C=O) groups excluding carboxylic acids is 2. The van der Waals surface area contributed by atoms with Crippen LogP contribution in [0.1, 0.15) is 20.8 Å². The lowest BCUT2D eigenvalue weighted by atomic mass is 10.2. The van der Waals surface area contributed by atoms with E-state index in [4.69, 9.17) is 34.8 Å². The van der Waals surface area contributed by atoms with Crippen LogP contribution in [0.2, 0.25) is 15.2 Å². The number of aromatic nitrogens is 2. The average Bonchev–Trinajstić information content (AvgIpc) is 2.98. The molecule has 24 heavy (non-hydrogen) atoms. The van der Waals surface area contributed by atoms with E-state index in [1.165, 1.54) is 24.3 Å². The number of hydrogen-bond donors (Lipinski definition) is 3. The molecule has 0 saturated heterocycles. The number of carbonyl (C=O) groups is 2. The molecule has 2 amide bonds. The molecule has 0 saturated carbocycles. The van der Waals surface area contributed by atoms with E-state index in [9.17, 15) is 9.59 Å². The standard InChI is InChI=1S/C15H9Cl3N4O2/c16-8-2-1-7(5-9(8)17)14(23)21-22-15(24)12-6-11-10(19-12)3-4-13(18)20-11/h1-6,19H,(H,21,23)(H,22,24). The molecule has 3 rings (SSSR count). The van der Waals surface area contributed by atoms with Gasteiger partial charge in [0.2, 0.25) is 0 Å². The second kappa shape index (κ2) is 6.68. The minimum Gasteiger partial charge on any atom is -0.349 e. The Balaban J connectivity index is 1.69. The zero-order chi connectivity index (χ0) is 17.3. The summed E-state index contributed by atoms with van der Waals surface area (Å²) in [6.45, 7) is 0. The predicted molar refractivity (Wildman–Crippen MR) is 92.5 cm³/mol. The number of rotatable bonds is 2. The molecule has 0 aliphatic carbocycles. The van der Waals surface area contributed by atoms with Gasteiger partial charge in [-0.25, -0.2) is 4.98 Å². The highest BCUT2D eigenvalue weighted by atomic mass is 35.5. The maximum atomic E-state index is 12.1. The van der Waals surface area contributed by atoms with Crippen molar-refractivity contribution in [3.8, 4) is 0 Å². The van der Waals surface area contributed by atoms with Gasteiger partial charge in [0.25, 0.3) is 11.8 Å². The summed E-state index contributed by atoms with van der Waals surface area (Å²) in [4.78, 5) is 31.0. The van der Waals surface area contributed by atoms with Gasteiger partial charge >= 0.3 is 0 Å². The zero-order valence-electron chi connectivity index (χ0n) is 11.9. The Kier molecular flexibility index (Phi) is 4.62. The summed E-state index contributed by atoms with van der Waals surface area (Å²) in [6.07, 6.45) is 0. The van der Waals surface area contributed by atoms with Crippen LogP contribution in [0.3, 0.4) is 0 Å². The van der Waals surface area contributed by atoms with Gasteiger partial charge in [0.15, 0.2) is 0 Å². The van der Waals surface area contributed by atoms with E-state index in [1.54, 1.807) is 12.1 Å². The first-order chi connectivity index (χ1) is 11.4. The molecule has 1 aromatic carbocycles. The lowest BCUT2D eigenvalue weighted by Crippen LogP contribution is -2.41. The topological polar surface area (TPSA) is 86.9 Å². The van der Waals surface area contributed by atoms with Gasteiger partial charge in [0.05, 0.1) is 21.1 Å². The lowest BCUT2D eigenvalue weighted by Gasteiger charge is -2.07. The Hall–Kier alpha value is -2.28. The number of halogens is 3. The normalized spacial score (nSPS) is 10.6. The molecule has 0 spiro atoms. The van der Waals surface area contributed by atoms with Crippen molar-refractivity contribution in [1.82, 2.24) is 20.8 Å². The Bertz CT molecular complexity index is 955. The van der Waals surface area contributed by atoms with E-state index in [0.717, 1.165) is 0 Å². The first kappa shape index (κ1) is 16.6. The number of benzene rings is 1. The van der Waals surface area contributed by atoms with Crippen molar-refractivity contribution < 1.29 is 9.59 Å². The molecular formula is C15H9Cl3N4O2. The van der Waals surface area contributed by atoms with Crippen molar-refractivity contribution in [2.75, 3.05) is 0 Å². The van der Waals surface area contributed by atoms with E-state index in [-0.39, 0.29) is 16.3 Å². The molecule has 6 nitrogen and oxygen atoms in total. The van der Waals surface area contributed by atoms with Crippen molar-refractivity contribution in [3.63, 3.8) is 0 Å². The Morgan fingerprint density at radius 3 is 2.42 bits per heavy atom. The van der Waals surface area contributed by atoms with Crippen LogP contribution in [0.5, 0.6) is 0 Å². The van der Waals surface area contributed by atoms with Crippen LogP contribution >= 0.6 is 34.8 Å². The van der Waals surface area contributed by atoms with Gasteiger partial charge in [-0.2, -0.15) is 0 Å². The van der Waals surface area contributed by atoms with Gasteiger partial charge in [-0.15, -0.1) is 0 Å². The van der Waals surface area contributed by atoms with Crippen LogP contribution in [-0.2, 0) is 0 Å². The fourth-order valence-corrected chi connectivity index (χ4v) is 2.45. The van der Waals surface area contributed by atoms with Gasteiger partial charge in [-0.1, -0.05) is 34.8 Å². The number of H-pyrrole nitrogens is 1. The number of nitrogens with one attached hydrogen (secondary N) is 3. The molecule has 3 aromatic rings. The molecule has 2 aromatic heterocycles. The molecule has 0 fully saturated rings. The summed E-state index contributed by atoms with van der Waals surface area (Å²) in [5, 5.41) is 0.900. The first-order valence-corrected chi connectivity index (χ1v) is 7.78. The average molecular weight is 384 g/mol. The van der Waals surface area contributed by atoms with E-state index in [1.807, 2.05) is 0 Å². The largest absolute Gasteiger partial charge is 0.349 e. The van der Waals surface area contributed by atoms with Crippen molar-refractivity contribution in [2.45, 2.75) is 0 Å². The SMILES string of the molecule is O=C(NNC(=O)c1cc2nc(Cl)ccc2[nH]1)c1ccc(Cl)c(Cl)c1. The lowest BCUT2D eigenvalue weighted by molar-refractivity contribution is 0.0844. The molecule has 0 aliphatic rings. The second-order valence-corrected chi connectivity index (χ2v) is 5.99. The van der Waals surface area contributed by atoms with Crippen LogP contribution in [0.25, 0.3) is 11.0 Å². The van der Waals surface area contributed by atoms with Gasteiger partial charge in [-0.05, 0) is 36.4 Å². The molecule has 0 radical (unpaired) electrons. The first-order valence-electron chi connectivity index (χ1n) is 6.65. The summed E-state index contributed by atoms with van der Waals surface area (Å²) in [7, 11) is 0. The summed E-state index contributed by atoms with van der Waals surface area (Å²) in [5.41, 5.74) is 6.28. The highest BCUT2D eigenvalue weighted by molar-refractivity contribution is 6.42. The number of amides is 2. The number of aromatic amines is 1. The number of hydrazine groups is 1. The minimum atomic E-state index is -0.530. The van der Waals surface area contributed by atoms with E-state index < -0.39 is 11.8 Å². The van der Waals surface area contributed by atoms with Gasteiger partial charge < -0.3 is 4.98 Å². The van der Waals surface area contributed by atoms with Crippen LogP contribution in [0.15, 0.2) is 36.4 Å². The van der Waals surface area contributed by atoms with E-state index >= 15 is 0 Å². The van der Waals surface area contributed by atoms with Crippen LogP contribution in [0, 0.1) is 0 Å². The predicted octanol–water partition coefficient (Wildman–Crippen LogP) is 3.60. The summed E-state index contributed by atoms with van der Waals surface area (Å²) in [5.74, 6) is -1.06. The van der Waals surface area contributed by atoms with Gasteiger partial charge in [0, 0.05) is 5.56 Å². The van der Waals surface area contributed by atoms with Crippen molar-refractivity contribution in [1.29, 1.82) is 0 Å². The molecule has 0 atom stereocenters. The third kappa shape index (κ3) is 3.46. The minimum absolute atomic E-state index is 0.231. The second-order valence-electron chi connectivity index (χ2n) is 4.79. The fraction of sp³-hybridized carbons (Fsp3) is 0. The molecule has 9 heteroatoms. The summed E-state index contributed by atoms with van der Waals surface area (Å²) in [6, 6.07) is 9.23. The number of hydrogen-bond acceptors (Lipinski definition) is 3. The van der Waals surface area contributed by atoms with Crippen LogP contribution in [0.4, 0.5) is 0 Å². The third-order valence-corrected chi connectivity index (χ3v) is 4.11. The molecule has 2 heterocycles. The van der Waals surface area contributed by atoms with Gasteiger partial charge in [-0.3, -0.25) is 20.4 Å². The van der Waals surface area contributed by atoms with Gasteiger partial charge in [0.1, 0.15) is 10.8 Å². The highest BCUT2D eigenvalue weighted by Crippen LogP contribution is 2.22. The molecular weight excluding hydrogens is 375 g/mol. The number of fused-ring (bicyclic) bond motifs is 1. The summed E-state index contributed by atoms with van der Waals surface area (Å²) < 4.78 is 0. The van der Waals surface area contributed by atoms with E-state index in [2.05, 4.69) is 20.8 Å².